The fraction of sp³-hybridized carbons (Fsp3) is 0. The Morgan fingerprint density at radius 2 is 1.14 bits per heavy atom. The monoisotopic (exact) mass is 445 g/mol. The van der Waals surface area contributed by atoms with Crippen molar-refractivity contribution in [3.8, 4) is 22.4 Å². The topological polar surface area (TPSA) is 30.2 Å². The van der Waals surface area contributed by atoms with Gasteiger partial charge in [-0.2, -0.15) is 0 Å². The fourth-order valence-electron chi connectivity index (χ4n) is 5.66. The van der Waals surface area contributed by atoms with E-state index in [-0.39, 0.29) is 0 Å². The van der Waals surface area contributed by atoms with Crippen molar-refractivity contribution < 1.29 is 0 Å². The van der Waals surface area contributed by atoms with Gasteiger partial charge < -0.3 is 4.40 Å². The average molecular weight is 446 g/mol. The molecule has 0 spiro atoms. The molecule has 4 aromatic carbocycles. The first-order valence-electron chi connectivity index (χ1n) is 11.9. The van der Waals surface area contributed by atoms with Gasteiger partial charge in [-0.15, -0.1) is 0 Å². The van der Waals surface area contributed by atoms with Gasteiger partial charge >= 0.3 is 0 Å². The number of para-hydroxylation sites is 2. The van der Waals surface area contributed by atoms with Crippen LogP contribution >= 0.6 is 0 Å². The Kier molecular flexibility index (Phi) is 3.66. The first-order chi connectivity index (χ1) is 17.4. The maximum Gasteiger partial charge on any atom is 0.160 e. The van der Waals surface area contributed by atoms with E-state index in [1.54, 1.807) is 0 Å². The van der Waals surface area contributed by atoms with Crippen LogP contribution in [-0.4, -0.2) is 14.4 Å². The summed E-state index contributed by atoms with van der Waals surface area (Å²) in [5.74, 6) is 0. The molecular formula is C32H19N3. The molecule has 8 aromatic rings. The number of hydrogen-bond donors (Lipinski definition) is 0. The smallest absolute Gasteiger partial charge is 0.160 e. The molecule has 3 nitrogen and oxygen atoms in total. The lowest BCUT2D eigenvalue weighted by Gasteiger charge is -2.11. The zero-order valence-electron chi connectivity index (χ0n) is 18.8. The fourth-order valence-corrected chi connectivity index (χ4v) is 5.66. The molecule has 8 rings (SSSR count). The highest BCUT2D eigenvalue weighted by Gasteiger charge is 2.19. The molecular weight excluding hydrogens is 426 g/mol. The summed E-state index contributed by atoms with van der Waals surface area (Å²) in [5.41, 5.74) is 8.92. The Morgan fingerprint density at radius 3 is 1.86 bits per heavy atom. The number of fused-ring (bicyclic) bond motifs is 7. The minimum atomic E-state index is 0.767. The standard InChI is InChI=1S/C32H19N3/c1-2-9-20(10-3-1)28-19-25(24-13-8-16-33-32(24)34-28)21-17-26-22-11-4-6-14-29(22)35-30-15-7-5-12-23(30)27(18-21)31(26)35/h1-19H. The normalized spacial score (nSPS) is 12.0. The summed E-state index contributed by atoms with van der Waals surface area (Å²) in [6.07, 6.45) is 1.82. The number of rotatable bonds is 2. The van der Waals surface area contributed by atoms with Gasteiger partial charge in [0.25, 0.3) is 0 Å². The number of nitrogens with zero attached hydrogens (tertiary/aromatic N) is 3. The first kappa shape index (κ1) is 18.6. The summed E-state index contributed by atoms with van der Waals surface area (Å²) in [7, 11) is 0. The van der Waals surface area contributed by atoms with Crippen LogP contribution in [0.3, 0.4) is 0 Å². The third-order valence-electron chi connectivity index (χ3n) is 7.17. The van der Waals surface area contributed by atoms with E-state index in [1.807, 2.05) is 18.3 Å². The van der Waals surface area contributed by atoms with Crippen LogP contribution < -0.4 is 0 Å². The van der Waals surface area contributed by atoms with Crippen LogP contribution in [0.5, 0.6) is 0 Å². The summed E-state index contributed by atoms with van der Waals surface area (Å²) >= 11 is 0. The Labute approximate surface area is 201 Å². The highest BCUT2D eigenvalue weighted by molar-refractivity contribution is 6.24. The third kappa shape index (κ3) is 2.55. The number of benzene rings is 4. The van der Waals surface area contributed by atoms with Crippen molar-refractivity contribution in [2.24, 2.45) is 0 Å². The number of aromatic nitrogens is 3. The lowest BCUT2D eigenvalue weighted by Crippen LogP contribution is -1.92. The summed E-state index contributed by atoms with van der Waals surface area (Å²) < 4.78 is 2.42. The molecule has 0 aliphatic carbocycles. The molecule has 0 radical (unpaired) electrons. The van der Waals surface area contributed by atoms with Crippen LogP contribution in [0.15, 0.2) is 115 Å². The highest BCUT2D eigenvalue weighted by Crippen LogP contribution is 2.42. The molecule has 0 aliphatic heterocycles. The maximum absolute atomic E-state index is 4.91. The molecule has 4 aromatic heterocycles. The molecule has 3 heteroatoms. The Morgan fingerprint density at radius 1 is 0.514 bits per heavy atom. The zero-order valence-corrected chi connectivity index (χ0v) is 18.8. The molecule has 0 atom stereocenters. The van der Waals surface area contributed by atoms with Crippen LogP contribution in [0.2, 0.25) is 0 Å². The van der Waals surface area contributed by atoms with Gasteiger partial charge in [0.2, 0.25) is 0 Å². The van der Waals surface area contributed by atoms with Gasteiger partial charge in [-0.3, -0.25) is 0 Å². The van der Waals surface area contributed by atoms with Gasteiger partial charge in [-0.25, -0.2) is 9.97 Å². The Bertz CT molecular complexity index is 1970. The van der Waals surface area contributed by atoms with Crippen molar-refractivity contribution in [3.05, 3.63) is 115 Å². The van der Waals surface area contributed by atoms with Crippen molar-refractivity contribution in [2.45, 2.75) is 0 Å². The lowest BCUT2D eigenvalue weighted by atomic mass is 9.96. The van der Waals surface area contributed by atoms with E-state index in [1.165, 1.54) is 43.7 Å². The van der Waals surface area contributed by atoms with Crippen molar-refractivity contribution in [3.63, 3.8) is 0 Å². The van der Waals surface area contributed by atoms with E-state index in [0.29, 0.717) is 0 Å². The van der Waals surface area contributed by atoms with Crippen LogP contribution in [0, 0.1) is 0 Å². The summed E-state index contributed by atoms with van der Waals surface area (Å²) in [6.45, 7) is 0. The van der Waals surface area contributed by atoms with Gasteiger partial charge in [-0.05, 0) is 53.6 Å². The first-order valence-corrected chi connectivity index (χ1v) is 11.9. The summed E-state index contributed by atoms with van der Waals surface area (Å²) in [5, 5.41) is 6.17. The summed E-state index contributed by atoms with van der Waals surface area (Å²) in [6, 6.07) is 38.8. The predicted molar refractivity (Wildman–Crippen MR) is 145 cm³/mol. The average Bonchev–Trinajstić information content (AvgIpc) is 3.44. The quantitative estimate of drug-likeness (QED) is 0.269. The van der Waals surface area contributed by atoms with Gasteiger partial charge in [0.15, 0.2) is 5.65 Å². The van der Waals surface area contributed by atoms with E-state index in [4.69, 9.17) is 4.98 Å². The van der Waals surface area contributed by atoms with Crippen LogP contribution in [0.25, 0.3) is 71.5 Å². The molecule has 0 bridgehead atoms. The largest absolute Gasteiger partial charge is 0.308 e. The molecule has 0 amide bonds. The van der Waals surface area contributed by atoms with E-state index >= 15 is 0 Å². The van der Waals surface area contributed by atoms with Crippen LogP contribution in [0.1, 0.15) is 0 Å². The number of pyridine rings is 2. The molecule has 0 fully saturated rings. The molecule has 0 N–H and O–H groups in total. The van der Waals surface area contributed by atoms with Gasteiger partial charge in [0.1, 0.15) is 0 Å². The Balaban J connectivity index is 1.54. The van der Waals surface area contributed by atoms with Crippen molar-refractivity contribution in [1.29, 1.82) is 0 Å². The highest BCUT2D eigenvalue weighted by atomic mass is 14.9. The second kappa shape index (κ2) is 6.87. The van der Waals surface area contributed by atoms with Crippen molar-refractivity contribution >= 4 is 49.1 Å². The lowest BCUT2D eigenvalue weighted by molar-refractivity contribution is 1.29. The maximum atomic E-state index is 4.91. The van der Waals surface area contributed by atoms with Gasteiger partial charge in [0, 0.05) is 38.7 Å². The second-order valence-electron chi connectivity index (χ2n) is 9.09. The van der Waals surface area contributed by atoms with Gasteiger partial charge in [-0.1, -0.05) is 66.7 Å². The molecule has 0 unspecified atom stereocenters. The SMILES string of the molecule is c1ccc(-c2cc(-c3cc4c5ccccc5n5c6ccccc6c(c3)c45)c3cccnc3n2)cc1. The minimum absolute atomic E-state index is 0.767. The van der Waals surface area contributed by atoms with Crippen LogP contribution in [-0.2, 0) is 0 Å². The predicted octanol–water partition coefficient (Wildman–Crippen LogP) is 8.11. The molecule has 4 heterocycles. The molecule has 162 valence electrons. The second-order valence-corrected chi connectivity index (χ2v) is 9.09. The molecule has 35 heavy (non-hydrogen) atoms. The van der Waals surface area contributed by atoms with Gasteiger partial charge in [0.05, 0.1) is 22.2 Å². The van der Waals surface area contributed by atoms with E-state index in [9.17, 15) is 0 Å². The van der Waals surface area contributed by atoms with E-state index in [2.05, 4.69) is 106 Å². The molecule has 0 saturated heterocycles. The molecule has 0 saturated carbocycles. The Hall–Kier alpha value is -4.76. The van der Waals surface area contributed by atoms with E-state index < -0.39 is 0 Å². The van der Waals surface area contributed by atoms with Crippen molar-refractivity contribution in [1.82, 2.24) is 14.4 Å². The van der Waals surface area contributed by atoms with E-state index in [0.717, 1.165) is 27.9 Å². The molecule has 0 aliphatic rings. The number of hydrogen-bond acceptors (Lipinski definition) is 2. The minimum Gasteiger partial charge on any atom is -0.308 e. The van der Waals surface area contributed by atoms with Crippen LogP contribution in [0.4, 0.5) is 0 Å². The summed E-state index contributed by atoms with van der Waals surface area (Å²) in [4.78, 5) is 9.54. The van der Waals surface area contributed by atoms with Crippen molar-refractivity contribution in [2.75, 3.05) is 0 Å². The zero-order chi connectivity index (χ0) is 22.9. The third-order valence-corrected chi connectivity index (χ3v) is 7.17.